The molecule has 20 heavy (non-hydrogen) atoms. The molecule has 110 valence electrons. The summed E-state index contributed by atoms with van der Waals surface area (Å²) in [5.74, 6) is 0. The van der Waals surface area contributed by atoms with Gasteiger partial charge in [-0.1, -0.05) is 37.0 Å². The van der Waals surface area contributed by atoms with E-state index in [2.05, 4.69) is 10.6 Å². The van der Waals surface area contributed by atoms with Crippen molar-refractivity contribution in [3.05, 3.63) is 29.8 Å². The van der Waals surface area contributed by atoms with Crippen molar-refractivity contribution in [2.75, 3.05) is 18.5 Å². The van der Waals surface area contributed by atoms with Gasteiger partial charge in [-0.15, -0.1) is 0 Å². The molecule has 1 aliphatic carbocycles. The average molecular weight is 276 g/mol. The van der Waals surface area contributed by atoms with Crippen molar-refractivity contribution in [3.63, 3.8) is 0 Å². The second-order valence-electron chi connectivity index (χ2n) is 5.89. The van der Waals surface area contributed by atoms with Crippen molar-refractivity contribution < 1.29 is 9.90 Å². The van der Waals surface area contributed by atoms with Gasteiger partial charge in [0.1, 0.15) is 0 Å². The Morgan fingerprint density at radius 2 is 1.85 bits per heavy atom. The molecule has 0 atom stereocenters. The molecule has 0 spiro atoms. The molecule has 0 aliphatic heterocycles. The lowest BCUT2D eigenvalue weighted by Gasteiger charge is -2.35. The first-order chi connectivity index (χ1) is 9.63. The third-order valence-electron chi connectivity index (χ3n) is 4.18. The Labute approximate surface area is 120 Å². The fraction of sp³-hybridized carbons (Fsp3) is 0.562. The molecule has 4 heteroatoms. The SMILES string of the molecule is Cc1ccc(NC(=O)NCC2(CO)CCCCC2)cc1. The van der Waals surface area contributed by atoms with Crippen molar-refractivity contribution in [1.82, 2.24) is 5.32 Å². The molecule has 0 saturated heterocycles. The van der Waals surface area contributed by atoms with Crippen molar-refractivity contribution in [3.8, 4) is 0 Å². The minimum atomic E-state index is -0.202. The van der Waals surface area contributed by atoms with Crippen molar-refractivity contribution in [2.45, 2.75) is 39.0 Å². The van der Waals surface area contributed by atoms with Crippen LogP contribution in [0.2, 0.25) is 0 Å². The second-order valence-corrected chi connectivity index (χ2v) is 5.89. The van der Waals surface area contributed by atoms with Gasteiger partial charge in [-0.3, -0.25) is 0 Å². The highest BCUT2D eigenvalue weighted by molar-refractivity contribution is 5.89. The van der Waals surface area contributed by atoms with Gasteiger partial charge in [0.25, 0.3) is 0 Å². The molecule has 4 nitrogen and oxygen atoms in total. The molecular formula is C16H24N2O2. The zero-order valence-electron chi connectivity index (χ0n) is 12.1. The average Bonchev–Trinajstić information content (AvgIpc) is 2.49. The number of aliphatic hydroxyl groups is 1. The number of urea groups is 1. The van der Waals surface area contributed by atoms with Gasteiger partial charge in [-0.2, -0.15) is 0 Å². The highest BCUT2D eigenvalue weighted by Crippen LogP contribution is 2.35. The van der Waals surface area contributed by atoms with Crippen LogP contribution in [0.15, 0.2) is 24.3 Å². The highest BCUT2D eigenvalue weighted by atomic mass is 16.3. The lowest BCUT2D eigenvalue weighted by molar-refractivity contribution is 0.0840. The van der Waals surface area contributed by atoms with Gasteiger partial charge in [-0.25, -0.2) is 4.79 Å². The number of carbonyl (C=O) groups is 1. The summed E-state index contributed by atoms with van der Waals surface area (Å²) in [6.07, 6.45) is 5.50. The molecule has 1 aromatic rings. The van der Waals surface area contributed by atoms with Crippen LogP contribution in [0.3, 0.4) is 0 Å². The standard InChI is InChI=1S/C16H24N2O2/c1-13-5-7-14(8-6-13)18-15(20)17-11-16(12-19)9-3-2-4-10-16/h5-8,19H,2-4,9-12H2,1H3,(H2,17,18,20). The minimum Gasteiger partial charge on any atom is -0.396 e. The number of amides is 2. The van der Waals surface area contributed by atoms with Crippen LogP contribution < -0.4 is 10.6 Å². The normalized spacial score (nSPS) is 17.5. The van der Waals surface area contributed by atoms with Crippen LogP contribution in [0.5, 0.6) is 0 Å². The van der Waals surface area contributed by atoms with Crippen LogP contribution in [0.25, 0.3) is 0 Å². The van der Waals surface area contributed by atoms with E-state index in [4.69, 9.17) is 0 Å². The first-order valence-electron chi connectivity index (χ1n) is 7.36. The molecule has 1 saturated carbocycles. The smallest absolute Gasteiger partial charge is 0.319 e. The molecule has 1 fully saturated rings. The first-order valence-corrected chi connectivity index (χ1v) is 7.36. The van der Waals surface area contributed by atoms with Crippen LogP contribution in [0.4, 0.5) is 10.5 Å². The van der Waals surface area contributed by atoms with Crippen molar-refractivity contribution >= 4 is 11.7 Å². The maximum absolute atomic E-state index is 11.9. The van der Waals surface area contributed by atoms with Crippen LogP contribution >= 0.6 is 0 Å². The number of nitrogens with one attached hydrogen (secondary N) is 2. The van der Waals surface area contributed by atoms with Gasteiger partial charge in [0.2, 0.25) is 0 Å². The van der Waals surface area contributed by atoms with E-state index in [-0.39, 0.29) is 18.1 Å². The predicted octanol–water partition coefficient (Wildman–Crippen LogP) is 3.06. The van der Waals surface area contributed by atoms with Gasteiger partial charge in [0, 0.05) is 17.6 Å². The summed E-state index contributed by atoms with van der Waals surface area (Å²) in [5.41, 5.74) is 1.83. The van der Waals surface area contributed by atoms with Gasteiger partial charge < -0.3 is 15.7 Å². The summed E-state index contributed by atoms with van der Waals surface area (Å²) in [6, 6.07) is 7.50. The lowest BCUT2D eigenvalue weighted by atomic mass is 9.74. The number of benzene rings is 1. The first kappa shape index (κ1) is 14.9. The summed E-state index contributed by atoms with van der Waals surface area (Å²) in [5, 5.41) is 15.3. The molecular weight excluding hydrogens is 252 g/mol. The monoisotopic (exact) mass is 276 g/mol. The van der Waals surface area contributed by atoms with E-state index in [1.165, 1.54) is 6.42 Å². The Balaban J connectivity index is 1.83. The van der Waals surface area contributed by atoms with Crippen LogP contribution in [-0.2, 0) is 0 Å². The van der Waals surface area contributed by atoms with Crippen LogP contribution in [-0.4, -0.2) is 24.3 Å². The van der Waals surface area contributed by atoms with Crippen molar-refractivity contribution in [2.24, 2.45) is 5.41 Å². The molecule has 0 radical (unpaired) electrons. The quantitative estimate of drug-likeness (QED) is 0.791. The number of aliphatic hydroxyl groups excluding tert-OH is 1. The number of carbonyl (C=O) groups excluding carboxylic acids is 1. The molecule has 2 rings (SSSR count). The Bertz CT molecular complexity index is 436. The maximum atomic E-state index is 11.9. The van der Waals surface area contributed by atoms with Gasteiger partial charge in [0.15, 0.2) is 0 Å². The van der Waals surface area contributed by atoms with E-state index in [0.29, 0.717) is 6.54 Å². The van der Waals surface area contributed by atoms with Crippen LogP contribution in [0, 0.1) is 12.3 Å². The molecule has 0 unspecified atom stereocenters. The Hall–Kier alpha value is -1.55. The Morgan fingerprint density at radius 1 is 1.20 bits per heavy atom. The van der Waals surface area contributed by atoms with E-state index in [0.717, 1.165) is 36.9 Å². The molecule has 2 amide bonds. The predicted molar refractivity (Wildman–Crippen MR) is 80.8 cm³/mol. The third kappa shape index (κ3) is 3.97. The van der Waals surface area contributed by atoms with Gasteiger partial charge in [0.05, 0.1) is 6.61 Å². The fourth-order valence-corrected chi connectivity index (χ4v) is 2.77. The molecule has 1 aromatic carbocycles. The van der Waals surface area contributed by atoms with E-state index >= 15 is 0 Å². The zero-order valence-corrected chi connectivity index (χ0v) is 12.1. The maximum Gasteiger partial charge on any atom is 0.319 e. The zero-order chi connectivity index (χ0) is 14.4. The van der Waals surface area contributed by atoms with E-state index in [1.54, 1.807) is 0 Å². The summed E-state index contributed by atoms with van der Waals surface area (Å²) in [7, 11) is 0. The number of hydrogen-bond donors (Lipinski definition) is 3. The number of hydrogen-bond acceptors (Lipinski definition) is 2. The third-order valence-corrected chi connectivity index (χ3v) is 4.18. The number of anilines is 1. The van der Waals surface area contributed by atoms with E-state index in [9.17, 15) is 9.90 Å². The van der Waals surface area contributed by atoms with Crippen LogP contribution in [0.1, 0.15) is 37.7 Å². The fourth-order valence-electron chi connectivity index (χ4n) is 2.77. The Morgan fingerprint density at radius 3 is 2.45 bits per heavy atom. The molecule has 1 aliphatic rings. The molecule has 0 bridgehead atoms. The largest absolute Gasteiger partial charge is 0.396 e. The molecule has 0 heterocycles. The van der Waals surface area contributed by atoms with E-state index < -0.39 is 0 Å². The summed E-state index contributed by atoms with van der Waals surface area (Å²) < 4.78 is 0. The lowest BCUT2D eigenvalue weighted by Crippen LogP contribution is -2.42. The molecule has 0 aromatic heterocycles. The van der Waals surface area contributed by atoms with E-state index in [1.807, 2.05) is 31.2 Å². The summed E-state index contributed by atoms with van der Waals surface area (Å²) >= 11 is 0. The number of rotatable bonds is 4. The van der Waals surface area contributed by atoms with Gasteiger partial charge in [-0.05, 0) is 31.9 Å². The molecule has 3 N–H and O–H groups in total. The highest BCUT2D eigenvalue weighted by Gasteiger charge is 2.31. The Kier molecular flexibility index (Phi) is 5.01. The minimum absolute atomic E-state index is 0.122. The second kappa shape index (κ2) is 6.75. The number of aryl methyl sites for hydroxylation is 1. The van der Waals surface area contributed by atoms with Crippen molar-refractivity contribution in [1.29, 1.82) is 0 Å². The van der Waals surface area contributed by atoms with Gasteiger partial charge >= 0.3 is 6.03 Å². The summed E-state index contributed by atoms with van der Waals surface area (Å²) in [4.78, 5) is 11.9. The topological polar surface area (TPSA) is 61.4 Å². The summed E-state index contributed by atoms with van der Waals surface area (Å²) in [6.45, 7) is 2.71.